The monoisotopic (exact) mass is 352 g/mol. The van der Waals surface area contributed by atoms with Crippen LogP contribution < -0.4 is 5.32 Å². The molecule has 0 aliphatic carbocycles. The van der Waals surface area contributed by atoms with E-state index in [2.05, 4.69) is 10.3 Å². The fourth-order valence-electron chi connectivity index (χ4n) is 2.08. The van der Waals surface area contributed by atoms with Crippen LogP contribution in [0.1, 0.15) is 28.5 Å². The molecule has 0 spiro atoms. The highest BCUT2D eigenvalue weighted by atomic mass is 19.4. The summed E-state index contributed by atoms with van der Waals surface area (Å²) in [5.41, 5.74) is -0.236. The summed E-state index contributed by atoms with van der Waals surface area (Å²) in [6.07, 6.45) is -3.19. The van der Waals surface area contributed by atoms with Crippen molar-refractivity contribution in [2.75, 3.05) is 11.9 Å². The molecule has 0 aliphatic heterocycles. The van der Waals surface area contributed by atoms with Gasteiger partial charge in [-0.05, 0) is 43.3 Å². The minimum atomic E-state index is -4.45. The molecule has 1 N–H and O–H groups in total. The number of nitrogens with one attached hydrogen (secondary N) is 1. The highest BCUT2D eigenvalue weighted by molar-refractivity contribution is 6.05. The maximum absolute atomic E-state index is 12.5. The number of anilines is 1. The summed E-state index contributed by atoms with van der Waals surface area (Å²) in [5.74, 6) is -1.10. The largest absolute Gasteiger partial charge is 0.466 e. The lowest BCUT2D eigenvalue weighted by molar-refractivity contribution is -0.142. The predicted octanol–water partition coefficient (Wildman–Crippen LogP) is 3.46. The van der Waals surface area contributed by atoms with E-state index in [0.29, 0.717) is 0 Å². The molecule has 25 heavy (non-hydrogen) atoms. The molecule has 1 aromatic carbocycles. The Morgan fingerprint density at radius 1 is 1.16 bits per heavy atom. The van der Waals surface area contributed by atoms with Crippen LogP contribution in [-0.4, -0.2) is 23.5 Å². The molecule has 1 heterocycles. The van der Waals surface area contributed by atoms with Crippen molar-refractivity contribution in [2.24, 2.45) is 0 Å². The molecule has 0 saturated heterocycles. The molecule has 5 nitrogen and oxygen atoms in total. The van der Waals surface area contributed by atoms with E-state index in [1.54, 1.807) is 6.92 Å². The fraction of sp³-hybridized carbons (Fsp3) is 0.235. The highest BCUT2D eigenvalue weighted by Crippen LogP contribution is 2.29. The highest BCUT2D eigenvalue weighted by Gasteiger charge is 2.30. The van der Waals surface area contributed by atoms with Crippen LogP contribution in [0.5, 0.6) is 0 Å². The second-order valence-electron chi connectivity index (χ2n) is 5.01. The molecule has 0 unspecified atom stereocenters. The molecule has 0 fully saturated rings. The molecule has 0 bridgehead atoms. The number of halogens is 3. The molecule has 0 aliphatic rings. The van der Waals surface area contributed by atoms with Gasteiger partial charge in [-0.2, -0.15) is 13.2 Å². The molecule has 2 rings (SSSR count). The summed E-state index contributed by atoms with van der Waals surface area (Å²) < 4.78 is 42.5. The lowest BCUT2D eigenvalue weighted by Crippen LogP contribution is -2.18. The number of esters is 1. The Kier molecular flexibility index (Phi) is 5.74. The zero-order valence-electron chi connectivity index (χ0n) is 13.3. The van der Waals surface area contributed by atoms with Crippen molar-refractivity contribution in [1.82, 2.24) is 4.98 Å². The number of hydrogen-bond donors (Lipinski definition) is 1. The number of carbonyl (C=O) groups excluding carboxylic acids is 2. The first kappa shape index (κ1) is 18.4. The van der Waals surface area contributed by atoms with Crippen molar-refractivity contribution in [2.45, 2.75) is 19.5 Å². The van der Waals surface area contributed by atoms with Gasteiger partial charge in [0.05, 0.1) is 29.8 Å². The van der Waals surface area contributed by atoms with Gasteiger partial charge in [0.2, 0.25) is 0 Å². The summed E-state index contributed by atoms with van der Waals surface area (Å²) >= 11 is 0. The van der Waals surface area contributed by atoms with Crippen molar-refractivity contribution < 1.29 is 27.5 Å². The Labute approximate surface area is 141 Å². The summed E-state index contributed by atoms with van der Waals surface area (Å²) in [7, 11) is 0. The zero-order chi connectivity index (χ0) is 18.4. The molecular weight excluding hydrogens is 337 g/mol. The third kappa shape index (κ3) is 5.03. The summed E-state index contributed by atoms with van der Waals surface area (Å²) in [6, 6.07) is 7.05. The Balaban J connectivity index is 2.14. The van der Waals surface area contributed by atoms with Crippen molar-refractivity contribution in [3.05, 3.63) is 59.4 Å². The van der Waals surface area contributed by atoms with Gasteiger partial charge in [0.1, 0.15) is 0 Å². The molecule has 132 valence electrons. The molecule has 2 aromatic rings. The van der Waals surface area contributed by atoms with E-state index >= 15 is 0 Å². The zero-order valence-corrected chi connectivity index (χ0v) is 13.3. The van der Waals surface area contributed by atoms with Crippen LogP contribution >= 0.6 is 0 Å². The SMILES string of the molecule is CCOC(=O)Cc1ncccc1C(=O)Nc1ccc(C(F)(F)F)cc1. The van der Waals surface area contributed by atoms with E-state index in [-0.39, 0.29) is 30.0 Å². The number of aromatic nitrogens is 1. The van der Waals surface area contributed by atoms with Gasteiger partial charge in [0.15, 0.2) is 0 Å². The first-order valence-corrected chi connectivity index (χ1v) is 7.39. The number of rotatable bonds is 5. The van der Waals surface area contributed by atoms with Gasteiger partial charge >= 0.3 is 12.1 Å². The minimum Gasteiger partial charge on any atom is -0.466 e. The summed E-state index contributed by atoms with van der Waals surface area (Å²) in [6.45, 7) is 1.87. The molecule has 1 aromatic heterocycles. The first-order chi connectivity index (χ1) is 11.8. The topological polar surface area (TPSA) is 68.3 Å². The third-order valence-electron chi connectivity index (χ3n) is 3.22. The smallest absolute Gasteiger partial charge is 0.416 e. The summed E-state index contributed by atoms with van der Waals surface area (Å²) in [4.78, 5) is 27.9. The average molecular weight is 352 g/mol. The number of hydrogen-bond acceptors (Lipinski definition) is 4. The predicted molar refractivity (Wildman–Crippen MR) is 84.0 cm³/mol. The van der Waals surface area contributed by atoms with Crippen molar-refractivity contribution in [3.63, 3.8) is 0 Å². The quantitative estimate of drug-likeness (QED) is 0.837. The van der Waals surface area contributed by atoms with Gasteiger partial charge in [-0.1, -0.05) is 0 Å². The Bertz CT molecular complexity index is 758. The number of pyridine rings is 1. The summed E-state index contributed by atoms with van der Waals surface area (Å²) in [5, 5.41) is 2.48. The van der Waals surface area contributed by atoms with E-state index in [4.69, 9.17) is 4.74 Å². The lowest BCUT2D eigenvalue weighted by Gasteiger charge is -2.10. The molecular formula is C17H15F3N2O3. The van der Waals surface area contributed by atoms with Gasteiger partial charge in [0.25, 0.3) is 5.91 Å². The average Bonchev–Trinajstić information content (AvgIpc) is 2.55. The third-order valence-corrected chi connectivity index (χ3v) is 3.22. The maximum Gasteiger partial charge on any atom is 0.416 e. The van der Waals surface area contributed by atoms with Crippen LogP contribution in [0.4, 0.5) is 18.9 Å². The second kappa shape index (κ2) is 7.78. The first-order valence-electron chi connectivity index (χ1n) is 7.39. The van der Waals surface area contributed by atoms with Crippen LogP contribution in [0, 0.1) is 0 Å². The Morgan fingerprint density at radius 2 is 1.84 bits per heavy atom. The van der Waals surface area contributed by atoms with Gasteiger partial charge < -0.3 is 10.1 Å². The number of alkyl halides is 3. The number of amides is 1. The normalized spacial score (nSPS) is 11.0. The number of ether oxygens (including phenoxy) is 1. The number of benzene rings is 1. The van der Waals surface area contributed by atoms with Crippen LogP contribution in [0.3, 0.4) is 0 Å². The maximum atomic E-state index is 12.5. The van der Waals surface area contributed by atoms with Gasteiger partial charge in [0, 0.05) is 11.9 Å². The van der Waals surface area contributed by atoms with Crippen LogP contribution in [-0.2, 0) is 22.1 Å². The Hall–Kier alpha value is -2.90. The van der Waals surface area contributed by atoms with Crippen LogP contribution in [0.25, 0.3) is 0 Å². The minimum absolute atomic E-state index is 0.149. The standard InChI is InChI=1S/C17H15F3N2O3/c1-2-25-15(23)10-14-13(4-3-9-21-14)16(24)22-12-7-5-11(6-8-12)17(18,19)20/h3-9H,2,10H2,1H3,(H,22,24). The van der Waals surface area contributed by atoms with E-state index in [1.165, 1.54) is 18.3 Å². The molecule has 0 radical (unpaired) electrons. The van der Waals surface area contributed by atoms with E-state index in [1.807, 2.05) is 0 Å². The van der Waals surface area contributed by atoms with Gasteiger partial charge in [-0.15, -0.1) is 0 Å². The van der Waals surface area contributed by atoms with Crippen molar-refractivity contribution >= 4 is 17.6 Å². The van der Waals surface area contributed by atoms with Crippen molar-refractivity contribution in [3.8, 4) is 0 Å². The van der Waals surface area contributed by atoms with Crippen molar-refractivity contribution in [1.29, 1.82) is 0 Å². The van der Waals surface area contributed by atoms with E-state index in [9.17, 15) is 22.8 Å². The van der Waals surface area contributed by atoms with Gasteiger partial charge in [-0.3, -0.25) is 14.6 Å². The molecule has 0 saturated carbocycles. The lowest BCUT2D eigenvalue weighted by atomic mass is 10.1. The second-order valence-corrected chi connectivity index (χ2v) is 5.01. The molecule has 0 atom stereocenters. The van der Waals surface area contributed by atoms with E-state index in [0.717, 1.165) is 24.3 Å². The van der Waals surface area contributed by atoms with Crippen LogP contribution in [0.2, 0.25) is 0 Å². The number of nitrogens with zero attached hydrogens (tertiary/aromatic N) is 1. The molecule has 8 heteroatoms. The molecule has 1 amide bonds. The van der Waals surface area contributed by atoms with E-state index < -0.39 is 23.6 Å². The van der Waals surface area contributed by atoms with Crippen LogP contribution in [0.15, 0.2) is 42.6 Å². The van der Waals surface area contributed by atoms with Gasteiger partial charge in [-0.25, -0.2) is 0 Å². The number of carbonyl (C=O) groups is 2. The Morgan fingerprint density at radius 3 is 2.44 bits per heavy atom. The fourth-order valence-corrected chi connectivity index (χ4v) is 2.08.